The summed E-state index contributed by atoms with van der Waals surface area (Å²) < 4.78 is 52.6. The molecule has 2 aliphatic carbocycles. The van der Waals surface area contributed by atoms with Crippen molar-refractivity contribution < 1.29 is 27.4 Å². The third kappa shape index (κ3) is 4.13. The molecule has 2 aliphatic rings. The minimum Gasteiger partial charge on any atom is -0.465 e. The molecule has 9 heteroatoms. The van der Waals surface area contributed by atoms with Crippen molar-refractivity contribution in [2.75, 3.05) is 6.61 Å². The van der Waals surface area contributed by atoms with Crippen molar-refractivity contribution in [2.45, 2.75) is 57.2 Å². The van der Waals surface area contributed by atoms with Gasteiger partial charge < -0.3 is 9.47 Å². The monoisotopic (exact) mass is 419 g/mol. The smallest absolute Gasteiger partial charge is 0.417 e. The number of benzene rings is 1. The number of carbonyl (C=O) groups is 1. The minimum absolute atomic E-state index is 0.0131. The lowest BCUT2D eigenvalue weighted by Gasteiger charge is -2.13. The average molecular weight is 419 g/mol. The first-order valence-electron chi connectivity index (χ1n) is 9.87. The quantitative estimate of drug-likeness (QED) is 0.598. The number of rotatable bonds is 7. The molecule has 2 saturated carbocycles. The third-order valence-corrected chi connectivity index (χ3v) is 5.12. The van der Waals surface area contributed by atoms with Gasteiger partial charge in [0.1, 0.15) is 18.0 Å². The molecule has 0 saturated heterocycles. The predicted molar refractivity (Wildman–Crippen MR) is 99.0 cm³/mol. The van der Waals surface area contributed by atoms with Crippen LogP contribution in [0.2, 0.25) is 0 Å². The molecule has 0 bridgehead atoms. The molecule has 2 fully saturated rings. The normalized spacial score (nSPS) is 16.2. The number of alkyl halides is 3. The highest BCUT2D eigenvalue weighted by atomic mass is 19.4. The second-order valence-corrected chi connectivity index (χ2v) is 7.53. The van der Waals surface area contributed by atoms with E-state index in [2.05, 4.69) is 5.10 Å². The van der Waals surface area contributed by atoms with Gasteiger partial charge in [0.15, 0.2) is 5.75 Å². The van der Waals surface area contributed by atoms with E-state index in [9.17, 15) is 18.0 Å². The maximum absolute atomic E-state index is 13.3. The number of aromatic nitrogens is 2. The molecule has 1 heterocycles. The SMILES string of the molecule is CCOC(=O)Cn1nc(C2CC2)c(Oc2ccc(C#N)c(C(F)(F)F)c2)c1C1CC1. The van der Waals surface area contributed by atoms with Gasteiger partial charge in [-0.3, -0.25) is 9.48 Å². The zero-order valence-electron chi connectivity index (χ0n) is 16.3. The van der Waals surface area contributed by atoms with Crippen molar-refractivity contribution in [2.24, 2.45) is 0 Å². The Balaban J connectivity index is 1.73. The van der Waals surface area contributed by atoms with Gasteiger partial charge in [0, 0.05) is 11.8 Å². The zero-order chi connectivity index (χ0) is 21.5. The van der Waals surface area contributed by atoms with Crippen LogP contribution in [0.4, 0.5) is 13.2 Å². The topological polar surface area (TPSA) is 77.1 Å². The fraction of sp³-hybridized carbons (Fsp3) is 0.476. The van der Waals surface area contributed by atoms with Gasteiger partial charge >= 0.3 is 12.1 Å². The van der Waals surface area contributed by atoms with Crippen LogP contribution in [-0.2, 0) is 22.3 Å². The van der Waals surface area contributed by atoms with E-state index in [4.69, 9.17) is 14.7 Å². The molecule has 1 aromatic carbocycles. The van der Waals surface area contributed by atoms with Crippen molar-refractivity contribution in [3.63, 3.8) is 0 Å². The number of ether oxygens (including phenoxy) is 2. The summed E-state index contributed by atoms with van der Waals surface area (Å²) in [5, 5.41) is 13.6. The van der Waals surface area contributed by atoms with Gasteiger partial charge in [-0.2, -0.15) is 23.5 Å². The Hall–Kier alpha value is -3.02. The van der Waals surface area contributed by atoms with Crippen LogP contribution in [0, 0.1) is 11.3 Å². The minimum atomic E-state index is -4.67. The molecular weight excluding hydrogens is 399 g/mol. The lowest BCUT2D eigenvalue weighted by atomic mass is 10.1. The summed E-state index contributed by atoms with van der Waals surface area (Å²) >= 11 is 0. The second-order valence-electron chi connectivity index (χ2n) is 7.53. The lowest BCUT2D eigenvalue weighted by molar-refractivity contribution is -0.144. The molecule has 0 unspecified atom stereocenters. The maximum Gasteiger partial charge on any atom is 0.417 e. The van der Waals surface area contributed by atoms with Crippen LogP contribution in [0.5, 0.6) is 11.5 Å². The molecule has 158 valence electrons. The van der Waals surface area contributed by atoms with Gasteiger partial charge in [-0.05, 0) is 50.8 Å². The zero-order valence-corrected chi connectivity index (χ0v) is 16.3. The highest BCUT2D eigenvalue weighted by molar-refractivity contribution is 5.69. The average Bonchev–Trinajstić information content (AvgIpc) is 3.60. The van der Waals surface area contributed by atoms with Crippen LogP contribution in [0.25, 0.3) is 0 Å². The van der Waals surface area contributed by atoms with E-state index in [-0.39, 0.29) is 30.7 Å². The molecule has 0 radical (unpaired) electrons. The Morgan fingerprint density at radius 1 is 1.27 bits per heavy atom. The Labute approximate surface area is 171 Å². The molecule has 1 aromatic heterocycles. The third-order valence-electron chi connectivity index (χ3n) is 5.12. The fourth-order valence-electron chi connectivity index (χ4n) is 3.45. The number of hydrogen-bond acceptors (Lipinski definition) is 5. The molecular formula is C21H20F3N3O3. The number of esters is 1. The Kier molecular flexibility index (Phi) is 5.18. The number of nitrogens with zero attached hydrogens (tertiary/aromatic N) is 3. The summed E-state index contributed by atoms with van der Waals surface area (Å²) in [6.45, 7) is 1.91. The fourth-order valence-corrected chi connectivity index (χ4v) is 3.45. The summed E-state index contributed by atoms with van der Waals surface area (Å²) in [6, 6.07) is 4.87. The molecule has 2 aromatic rings. The first-order valence-corrected chi connectivity index (χ1v) is 9.87. The molecule has 0 spiro atoms. The highest BCUT2D eigenvalue weighted by Gasteiger charge is 2.39. The lowest BCUT2D eigenvalue weighted by Crippen LogP contribution is -2.16. The first-order chi connectivity index (χ1) is 14.3. The number of hydrogen-bond donors (Lipinski definition) is 0. The van der Waals surface area contributed by atoms with Crippen LogP contribution < -0.4 is 4.74 Å². The van der Waals surface area contributed by atoms with Gasteiger partial charge in [-0.1, -0.05) is 0 Å². The van der Waals surface area contributed by atoms with Crippen molar-refractivity contribution >= 4 is 5.97 Å². The molecule has 4 rings (SSSR count). The highest BCUT2D eigenvalue weighted by Crippen LogP contribution is 2.52. The van der Waals surface area contributed by atoms with E-state index in [1.165, 1.54) is 6.07 Å². The van der Waals surface area contributed by atoms with E-state index in [0.717, 1.165) is 43.5 Å². The van der Waals surface area contributed by atoms with Crippen molar-refractivity contribution in [1.82, 2.24) is 9.78 Å². The van der Waals surface area contributed by atoms with Crippen LogP contribution in [0.3, 0.4) is 0 Å². The van der Waals surface area contributed by atoms with Crippen molar-refractivity contribution in [3.05, 3.63) is 40.7 Å². The van der Waals surface area contributed by atoms with Gasteiger partial charge in [0.25, 0.3) is 0 Å². The standard InChI is InChI=1S/C21H20F3N3O3/c1-2-29-17(28)11-27-19(13-5-6-13)20(18(26-27)12-3-4-12)30-15-8-7-14(10-25)16(9-15)21(22,23)24/h7-9,12-13H,2-6,11H2,1H3. The van der Waals surface area contributed by atoms with Crippen molar-refractivity contribution in [1.29, 1.82) is 5.26 Å². The summed E-state index contributed by atoms with van der Waals surface area (Å²) in [5.74, 6) is 0.313. The van der Waals surface area contributed by atoms with Crippen LogP contribution in [-0.4, -0.2) is 22.4 Å². The number of nitriles is 1. The van der Waals surface area contributed by atoms with Crippen molar-refractivity contribution in [3.8, 4) is 17.6 Å². The van der Waals surface area contributed by atoms with E-state index in [1.807, 2.05) is 0 Å². The summed E-state index contributed by atoms with van der Waals surface area (Å²) in [6.07, 6.45) is -1.04. The summed E-state index contributed by atoms with van der Waals surface area (Å²) in [7, 11) is 0. The molecule has 6 nitrogen and oxygen atoms in total. The van der Waals surface area contributed by atoms with E-state index < -0.39 is 23.3 Å². The van der Waals surface area contributed by atoms with Crippen LogP contribution >= 0.6 is 0 Å². The molecule has 30 heavy (non-hydrogen) atoms. The van der Waals surface area contributed by atoms with Gasteiger partial charge in [-0.15, -0.1) is 0 Å². The van der Waals surface area contributed by atoms with E-state index >= 15 is 0 Å². The Morgan fingerprint density at radius 3 is 2.53 bits per heavy atom. The summed E-state index contributed by atoms with van der Waals surface area (Å²) in [4.78, 5) is 12.0. The van der Waals surface area contributed by atoms with Crippen LogP contribution in [0.15, 0.2) is 18.2 Å². The van der Waals surface area contributed by atoms with Gasteiger partial charge in [0.05, 0.1) is 29.5 Å². The first kappa shape index (κ1) is 20.3. The van der Waals surface area contributed by atoms with Gasteiger partial charge in [0.2, 0.25) is 0 Å². The molecule has 0 atom stereocenters. The molecule has 0 N–H and O–H groups in total. The maximum atomic E-state index is 13.3. The van der Waals surface area contributed by atoms with E-state index in [0.29, 0.717) is 11.4 Å². The van der Waals surface area contributed by atoms with Gasteiger partial charge in [-0.25, -0.2) is 0 Å². The second kappa shape index (κ2) is 7.67. The molecule has 0 amide bonds. The number of carbonyl (C=O) groups excluding carboxylic acids is 1. The Bertz CT molecular complexity index is 1010. The summed E-state index contributed by atoms with van der Waals surface area (Å²) in [5.41, 5.74) is -0.109. The number of halogens is 3. The largest absolute Gasteiger partial charge is 0.465 e. The predicted octanol–water partition coefficient (Wildman–Crippen LogP) is 4.88. The van der Waals surface area contributed by atoms with E-state index in [1.54, 1.807) is 17.7 Å². The molecule has 0 aliphatic heterocycles. The Morgan fingerprint density at radius 2 is 1.97 bits per heavy atom. The van der Waals surface area contributed by atoms with Crippen LogP contribution in [0.1, 0.15) is 67.0 Å².